The molecule has 1 nitrogen and oxygen atoms in total. The van der Waals surface area contributed by atoms with Gasteiger partial charge in [-0.1, -0.05) is 19.6 Å². The van der Waals surface area contributed by atoms with Crippen molar-refractivity contribution in [1.29, 1.82) is 0 Å². The minimum atomic E-state index is -1.76. The van der Waals surface area contributed by atoms with E-state index in [-0.39, 0.29) is 0 Å². The van der Waals surface area contributed by atoms with Crippen molar-refractivity contribution in [1.82, 2.24) is 4.98 Å². The summed E-state index contributed by atoms with van der Waals surface area (Å²) in [6.07, 6.45) is 0.947. The molecule has 0 N–H and O–H groups in total. The first kappa shape index (κ1) is 9.32. The monoisotopic (exact) mass is 187 g/mol. The standard InChI is InChI=1S/C8H11F2NSi/c1-12(2,3)7-4-8(10)11-5-6(7)9/h4-5H,1-3H3. The van der Waals surface area contributed by atoms with Crippen molar-refractivity contribution in [3.8, 4) is 0 Å². The zero-order valence-corrected chi connectivity index (χ0v) is 8.36. The maximum atomic E-state index is 13.1. The number of aromatic nitrogens is 1. The molecule has 0 atom stereocenters. The molecule has 0 amide bonds. The van der Waals surface area contributed by atoms with E-state index in [9.17, 15) is 8.78 Å². The lowest BCUT2D eigenvalue weighted by Gasteiger charge is -2.16. The Morgan fingerprint density at radius 2 is 1.83 bits per heavy atom. The molecule has 0 fully saturated rings. The molecule has 0 radical (unpaired) electrons. The van der Waals surface area contributed by atoms with Gasteiger partial charge in [-0.2, -0.15) is 4.39 Å². The first-order valence-electron chi connectivity index (χ1n) is 3.73. The van der Waals surface area contributed by atoms with Crippen LogP contribution in [-0.2, 0) is 0 Å². The largest absolute Gasteiger partial charge is 0.225 e. The van der Waals surface area contributed by atoms with Gasteiger partial charge < -0.3 is 0 Å². The highest BCUT2D eigenvalue weighted by Crippen LogP contribution is 2.05. The van der Waals surface area contributed by atoms with Crippen LogP contribution in [0.2, 0.25) is 19.6 Å². The smallest absolute Gasteiger partial charge is 0.212 e. The summed E-state index contributed by atoms with van der Waals surface area (Å²) < 4.78 is 25.7. The van der Waals surface area contributed by atoms with Crippen molar-refractivity contribution in [3.63, 3.8) is 0 Å². The van der Waals surface area contributed by atoms with Gasteiger partial charge in [0.2, 0.25) is 5.95 Å². The summed E-state index contributed by atoms with van der Waals surface area (Å²) in [7, 11) is -1.76. The Hall–Kier alpha value is -0.773. The summed E-state index contributed by atoms with van der Waals surface area (Å²) in [6.45, 7) is 5.89. The quantitative estimate of drug-likeness (QED) is 0.483. The van der Waals surface area contributed by atoms with E-state index in [4.69, 9.17) is 0 Å². The molecule has 0 aliphatic carbocycles. The van der Waals surface area contributed by atoms with Gasteiger partial charge >= 0.3 is 0 Å². The van der Waals surface area contributed by atoms with Crippen LogP contribution in [0, 0.1) is 11.8 Å². The van der Waals surface area contributed by atoms with Crippen LogP contribution >= 0.6 is 0 Å². The fraction of sp³-hybridized carbons (Fsp3) is 0.375. The van der Waals surface area contributed by atoms with E-state index in [2.05, 4.69) is 4.98 Å². The number of nitrogens with zero attached hydrogens (tertiary/aromatic N) is 1. The Balaban J connectivity index is 3.23. The normalized spacial score (nSPS) is 11.8. The molecule has 0 aliphatic heterocycles. The molecule has 0 unspecified atom stereocenters. The summed E-state index contributed by atoms with van der Waals surface area (Å²) in [5, 5.41) is 0.495. The van der Waals surface area contributed by atoms with Gasteiger partial charge in [0.1, 0.15) is 5.82 Å². The van der Waals surface area contributed by atoms with Crippen LogP contribution in [0.4, 0.5) is 8.78 Å². The summed E-state index contributed by atoms with van der Waals surface area (Å²) >= 11 is 0. The van der Waals surface area contributed by atoms with Crippen LogP contribution in [0.1, 0.15) is 0 Å². The Kier molecular flexibility index (Phi) is 2.28. The Morgan fingerprint density at radius 1 is 1.25 bits per heavy atom. The summed E-state index contributed by atoms with van der Waals surface area (Å²) in [5.41, 5.74) is 0. The van der Waals surface area contributed by atoms with E-state index >= 15 is 0 Å². The van der Waals surface area contributed by atoms with Gasteiger partial charge in [-0.25, -0.2) is 9.37 Å². The number of pyridine rings is 1. The maximum Gasteiger partial charge on any atom is 0.212 e. The van der Waals surface area contributed by atoms with Crippen molar-refractivity contribution in [2.45, 2.75) is 19.6 Å². The third kappa shape index (κ3) is 1.88. The SMILES string of the molecule is C[Si](C)(C)c1cc(F)ncc1F. The van der Waals surface area contributed by atoms with Gasteiger partial charge in [-0.15, -0.1) is 0 Å². The number of halogens is 2. The molecular weight excluding hydrogens is 176 g/mol. The van der Waals surface area contributed by atoms with Crippen molar-refractivity contribution in [2.24, 2.45) is 0 Å². The lowest BCUT2D eigenvalue weighted by molar-refractivity contribution is 0.564. The fourth-order valence-electron chi connectivity index (χ4n) is 0.988. The van der Waals surface area contributed by atoms with Crippen molar-refractivity contribution < 1.29 is 8.78 Å². The molecule has 4 heteroatoms. The minimum Gasteiger partial charge on any atom is -0.225 e. The zero-order valence-electron chi connectivity index (χ0n) is 7.36. The van der Waals surface area contributed by atoms with Crippen LogP contribution in [0.15, 0.2) is 12.3 Å². The Morgan fingerprint density at radius 3 is 2.25 bits per heavy atom. The molecule has 0 saturated carbocycles. The average Bonchev–Trinajstić information content (AvgIpc) is 1.92. The summed E-state index contributed by atoms with van der Waals surface area (Å²) in [4.78, 5) is 3.23. The number of rotatable bonds is 1. The molecule has 1 aromatic rings. The molecule has 0 aromatic carbocycles. The predicted molar refractivity (Wildman–Crippen MR) is 47.1 cm³/mol. The van der Waals surface area contributed by atoms with E-state index in [0.717, 1.165) is 6.20 Å². The number of hydrogen-bond donors (Lipinski definition) is 0. The summed E-state index contributed by atoms with van der Waals surface area (Å²) in [6, 6.07) is 1.20. The highest BCUT2D eigenvalue weighted by molar-refractivity contribution is 6.88. The molecule has 0 saturated heterocycles. The molecule has 1 rings (SSSR count). The molecule has 0 aliphatic rings. The van der Waals surface area contributed by atoms with Gasteiger partial charge in [0.25, 0.3) is 0 Å². The van der Waals surface area contributed by atoms with Crippen LogP contribution in [0.25, 0.3) is 0 Å². The van der Waals surface area contributed by atoms with E-state index in [1.807, 2.05) is 19.6 Å². The molecule has 1 aromatic heterocycles. The first-order chi connectivity index (χ1) is 5.41. The minimum absolute atomic E-state index is 0.393. The van der Waals surface area contributed by atoms with Crippen molar-refractivity contribution >= 4 is 13.3 Å². The first-order valence-corrected chi connectivity index (χ1v) is 7.23. The lowest BCUT2D eigenvalue weighted by atomic mass is 10.5. The highest BCUT2D eigenvalue weighted by Gasteiger charge is 2.21. The van der Waals surface area contributed by atoms with Crippen LogP contribution in [0.3, 0.4) is 0 Å². The van der Waals surface area contributed by atoms with E-state index in [0.29, 0.717) is 5.19 Å². The lowest BCUT2D eigenvalue weighted by Crippen LogP contribution is -2.40. The second kappa shape index (κ2) is 2.93. The number of hydrogen-bond acceptors (Lipinski definition) is 1. The van der Waals surface area contributed by atoms with Crippen molar-refractivity contribution in [2.75, 3.05) is 0 Å². The molecule has 12 heavy (non-hydrogen) atoms. The molecular formula is C8H11F2NSi. The fourth-order valence-corrected chi connectivity index (χ4v) is 2.32. The third-order valence-corrected chi connectivity index (χ3v) is 3.63. The van der Waals surface area contributed by atoms with Crippen molar-refractivity contribution in [3.05, 3.63) is 24.0 Å². The van der Waals surface area contributed by atoms with E-state index < -0.39 is 19.8 Å². The highest BCUT2D eigenvalue weighted by atomic mass is 28.3. The summed E-state index contributed by atoms with van der Waals surface area (Å²) in [5.74, 6) is -0.996. The van der Waals surface area contributed by atoms with Gasteiger partial charge in [-0.05, 0) is 11.3 Å². The molecule has 1 heterocycles. The Bertz CT molecular complexity index is 294. The van der Waals surface area contributed by atoms with Gasteiger partial charge in [0, 0.05) is 0 Å². The van der Waals surface area contributed by atoms with E-state index in [1.54, 1.807) is 0 Å². The molecule has 66 valence electrons. The van der Waals surface area contributed by atoms with Gasteiger partial charge in [0.05, 0.1) is 14.3 Å². The predicted octanol–water partition coefficient (Wildman–Crippen LogP) is 1.91. The molecule has 0 bridgehead atoms. The van der Waals surface area contributed by atoms with Gasteiger partial charge in [0.15, 0.2) is 0 Å². The van der Waals surface area contributed by atoms with Crippen LogP contribution < -0.4 is 5.19 Å². The topological polar surface area (TPSA) is 12.9 Å². The zero-order chi connectivity index (χ0) is 9.35. The maximum absolute atomic E-state index is 13.1. The second-order valence-electron chi connectivity index (χ2n) is 3.74. The van der Waals surface area contributed by atoms with Crippen LogP contribution in [-0.4, -0.2) is 13.1 Å². The van der Waals surface area contributed by atoms with Gasteiger partial charge in [-0.3, -0.25) is 0 Å². The van der Waals surface area contributed by atoms with Crippen LogP contribution in [0.5, 0.6) is 0 Å². The second-order valence-corrected chi connectivity index (χ2v) is 8.78. The Labute approximate surface area is 71.5 Å². The third-order valence-electron chi connectivity index (χ3n) is 1.63. The molecule has 0 spiro atoms. The van der Waals surface area contributed by atoms with E-state index in [1.165, 1.54) is 6.07 Å². The average molecular weight is 187 g/mol.